The standard InChI is InChI=1S/C17H21N3O3/c1-3-4-5-16-18-9-13(19-16)11-7-17(22)20-12-8-14(21)15(23-2)6-10(11)12/h6,8-9,11,21H,3-5,7H2,1-2H3,(H,18,19)(H,20,22). The number of nitrogens with zero attached hydrogens (tertiary/aromatic N) is 1. The summed E-state index contributed by atoms with van der Waals surface area (Å²) in [7, 11) is 1.51. The summed E-state index contributed by atoms with van der Waals surface area (Å²) in [6, 6.07) is 3.31. The predicted molar refractivity (Wildman–Crippen MR) is 86.9 cm³/mol. The third-order valence-corrected chi connectivity index (χ3v) is 4.18. The fourth-order valence-corrected chi connectivity index (χ4v) is 2.95. The first-order valence-electron chi connectivity index (χ1n) is 7.87. The molecule has 0 spiro atoms. The zero-order valence-corrected chi connectivity index (χ0v) is 13.3. The van der Waals surface area contributed by atoms with Gasteiger partial charge in [-0.05, 0) is 18.1 Å². The molecule has 0 fully saturated rings. The fourth-order valence-electron chi connectivity index (χ4n) is 2.95. The number of rotatable bonds is 5. The smallest absolute Gasteiger partial charge is 0.225 e. The zero-order chi connectivity index (χ0) is 16.4. The molecule has 6 nitrogen and oxygen atoms in total. The van der Waals surface area contributed by atoms with Crippen LogP contribution < -0.4 is 10.1 Å². The number of carbonyl (C=O) groups excluding carboxylic acids is 1. The van der Waals surface area contributed by atoms with Gasteiger partial charge < -0.3 is 20.1 Å². The van der Waals surface area contributed by atoms with Crippen molar-refractivity contribution in [1.29, 1.82) is 0 Å². The van der Waals surface area contributed by atoms with E-state index in [4.69, 9.17) is 4.74 Å². The van der Waals surface area contributed by atoms with Crippen LogP contribution in [0, 0.1) is 0 Å². The molecular weight excluding hydrogens is 294 g/mol. The largest absolute Gasteiger partial charge is 0.504 e. The lowest BCUT2D eigenvalue weighted by molar-refractivity contribution is -0.116. The van der Waals surface area contributed by atoms with Crippen molar-refractivity contribution >= 4 is 11.6 Å². The summed E-state index contributed by atoms with van der Waals surface area (Å²) < 4.78 is 5.19. The second-order valence-electron chi connectivity index (χ2n) is 5.80. The number of fused-ring (bicyclic) bond motifs is 1. The SMILES string of the molecule is CCCCc1ncc(C2CC(=O)Nc3cc(O)c(OC)cc32)[nH]1. The van der Waals surface area contributed by atoms with Gasteiger partial charge in [0.2, 0.25) is 5.91 Å². The molecule has 1 aromatic carbocycles. The molecule has 0 saturated heterocycles. The summed E-state index contributed by atoms with van der Waals surface area (Å²) in [4.78, 5) is 19.8. The average Bonchev–Trinajstić information content (AvgIpc) is 3.00. The molecule has 23 heavy (non-hydrogen) atoms. The number of ether oxygens (including phenoxy) is 1. The second kappa shape index (κ2) is 6.32. The summed E-state index contributed by atoms with van der Waals surface area (Å²) in [5, 5.41) is 12.7. The number of anilines is 1. The van der Waals surface area contributed by atoms with E-state index in [1.54, 1.807) is 12.3 Å². The Morgan fingerprint density at radius 1 is 1.43 bits per heavy atom. The van der Waals surface area contributed by atoms with Crippen molar-refractivity contribution in [3.63, 3.8) is 0 Å². The van der Waals surface area contributed by atoms with Gasteiger partial charge in [0, 0.05) is 42.4 Å². The van der Waals surface area contributed by atoms with E-state index >= 15 is 0 Å². The van der Waals surface area contributed by atoms with E-state index in [9.17, 15) is 9.90 Å². The minimum Gasteiger partial charge on any atom is -0.504 e. The van der Waals surface area contributed by atoms with Crippen LogP contribution in [0.4, 0.5) is 5.69 Å². The van der Waals surface area contributed by atoms with Crippen molar-refractivity contribution in [1.82, 2.24) is 9.97 Å². The second-order valence-corrected chi connectivity index (χ2v) is 5.80. The molecule has 0 saturated carbocycles. The van der Waals surface area contributed by atoms with Crippen LogP contribution in [0.3, 0.4) is 0 Å². The maximum Gasteiger partial charge on any atom is 0.225 e. The Balaban J connectivity index is 1.97. The highest BCUT2D eigenvalue weighted by atomic mass is 16.5. The Hall–Kier alpha value is -2.50. The molecule has 6 heteroatoms. The predicted octanol–water partition coefficient (Wildman–Crippen LogP) is 2.94. The number of hydrogen-bond donors (Lipinski definition) is 3. The monoisotopic (exact) mass is 315 g/mol. The molecule has 0 aliphatic carbocycles. The number of aromatic nitrogens is 2. The molecule has 1 unspecified atom stereocenters. The molecule has 122 valence electrons. The Labute approximate surface area is 134 Å². The molecule has 0 radical (unpaired) electrons. The normalized spacial score (nSPS) is 16.8. The van der Waals surface area contributed by atoms with Crippen molar-refractivity contribution in [2.24, 2.45) is 0 Å². The lowest BCUT2D eigenvalue weighted by Crippen LogP contribution is -2.23. The summed E-state index contributed by atoms with van der Waals surface area (Å²) in [6.45, 7) is 2.14. The molecule has 2 heterocycles. The Bertz CT molecular complexity index is 724. The van der Waals surface area contributed by atoms with Gasteiger partial charge in [0.25, 0.3) is 0 Å². The van der Waals surface area contributed by atoms with Crippen LogP contribution in [0.2, 0.25) is 0 Å². The van der Waals surface area contributed by atoms with Crippen LogP contribution in [0.5, 0.6) is 11.5 Å². The van der Waals surface area contributed by atoms with Crippen LogP contribution in [0.15, 0.2) is 18.3 Å². The van der Waals surface area contributed by atoms with E-state index < -0.39 is 0 Å². The number of methoxy groups -OCH3 is 1. The zero-order valence-electron chi connectivity index (χ0n) is 13.3. The van der Waals surface area contributed by atoms with Crippen LogP contribution in [0.25, 0.3) is 0 Å². The number of nitrogens with one attached hydrogen (secondary N) is 2. The number of aromatic amines is 1. The Morgan fingerprint density at radius 2 is 2.26 bits per heavy atom. The maximum atomic E-state index is 12.0. The summed E-state index contributed by atoms with van der Waals surface area (Å²) >= 11 is 0. The molecule has 3 N–H and O–H groups in total. The molecule has 2 aromatic rings. The van der Waals surface area contributed by atoms with Gasteiger partial charge in [-0.25, -0.2) is 4.98 Å². The minimum atomic E-state index is -0.115. The molecule has 1 aliphatic heterocycles. The van der Waals surface area contributed by atoms with E-state index in [0.717, 1.165) is 36.3 Å². The lowest BCUT2D eigenvalue weighted by Gasteiger charge is -2.25. The van der Waals surface area contributed by atoms with Gasteiger partial charge in [-0.15, -0.1) is 0 Å². The van der Waals surface area contributed by atoms with Crippen LogP contribution in [-0.2, 0) is 11.2 Å². The quantitative estimate of drug-likeness (QED) is 0.791. The number of carbonyl (C=O) groups is 1. The van der Waals surface area contributed by atoms with Crippen molar-refractivity contribution in [2.45, 2.75) is 38.5 Å². The number of unbranched alkanes of at least 4 members (excludes halogenated alkanes) is 1. The lowest BCUT2D eigenvalue weighted by atomic mass is 9.88. The first-order chi connectivity index (χ1) is 11.1. The highest BCUT2D eigenvalue weighted by molar-refractivity contribution is 5.95. The number of aryl methyl sites for hydroxylation is 1. The number of hydrogen-bond acceptors (Lipinski definition) is 4. The number of phenolic OH excluding ortho intramolecular Hbond substituents is 1. The Kier molecular flexibility index (Phi) is 4.23. The van der Waals surface area contributed by atoms with Crippen molar-refractivity contribution < 1.29 is 14.6 Å². The number of H-pyrrole nitrogens is 1. The number of benzene rings is 1. The summed E-state index contributed by atoms with van der Waals surface area (Å²) in [6.07, 6.45) is 5.24. The van der Waals surface area contributed by atoms with Crippen LogP contribution >= 0.6 is 0 Å². The van der Waals surface area contributed by atoms with Crippen molar-refractivity contribution in [3.05, 3.63) is 35.4 Å². The van der Waals surface area contributed by atoms with Gasteiger partial charge in [-0.3, -0.25) is 4.79 Å². The Morgan fingerprint density at radius 3 is 3.00 bits per heavy atom. The number of aromatic hydroxyl groups is 1. The first kappa shape index (κ1) is 15.4. The molecule has 1 aromatic heterocycles. The molecule has 3 rings (SSSR count). The third-order valence-electron chi connectivity index (χ3n) is 4.18. The van der Waals surface area contributed by atoms with E-state index in [-0.39, 0.29) is 17.6 Å². The molecular formula is C17H21N3O3. The molecule has 1 amide bonds. The summed E-state index contributed by atoms with van der Waals surface area (Å²) in [5.41, 5.74) is 2.46. The highest BCUT2D eigenvalue weighted by Crippen LogP contribution is 2.42. The van der Waals surface area contributed by atoms with Crippen LogP contribution in [-0.4, -0.2) is 28.1 Å². The minimum absolute atomic E-state index is 0.0143. The highest BCUT2D eigenvalue weighted by Gasteiger charge is 2.29. The van der Waals surface area contributed by atoms with Crippen LogP contribution in [0.1, 0.15) is 49.2 Å². The molecule has 0 bridgehead atoms. The average molecular weight is 315 g/mol. The number of phenols is 1. The van der Waals surface area contributed by atoms with E-state index in [1.165, 1.54) is 13.2 Å². The molecule has 1 atom stereocenters. The summed E-state index contributed by atoms with van der Waals surface area (Å²) in [5.74, 6) is 1.17. The fraction of sp³-hybridized carbons (Fsp3) is 0.412. The molecule has 1 aliphatic rings. The van der Waals surface area contributed by atoms with E-state index in [0.29, 0.717) is 17.9 Å². The number of imidazole rings is 1. The van der Waals surface area contributed by atoms with Crippen molar-refractivity contribution in [2.75, 3.05) is 12.4 Å². The maximum absolute atomic E-state index is 12.0. The topological polar surface area (TPSA) is 87.2 Å². The van der Waals surface area contributed by atoms with Gasteiger partial charge in [-0.2, -0.15) is 0 Å². The number of amides is 1. The van der Waals surface area contributed by atoms with Gasteiger partial charge in [0.05, 0.1) is 7.11 Å². The van der Waals surface area contributed by atoms with Gasteiger partial charge >= 0.3 is 0 Å². The first-order valence-corrected chi connectivity index (χ1v) is 7.87. The van der Waals surface area contributed by atoms with Gasteiger partial charge in [-0.1, -0.05) is 13.3 Å². The van der Waals surface area contributed by atoms with Gasteiger partial charge in [0.15, 0.2) is 11.5 Å². The van der Waals surface area contributed by atoms with E-state index in [2.05, 4.69) is 22.2 Å². The third kappa shape index (κ3) is 3.02. The van der Waals surface area contributed by atoms with Crippen molar-refractivity contribution in [3.8, 4) is 11.5 Å². The van der Waals surface area contributed by atoms with E-state index in [1.807, 2.05) is 0 Å². The van der Waals surface area contributed by atoms with Gasteiger partial charge in [0.1, 0.15) is 5.82 Å².